The van der Waals surface area contributed by atoms with E-state index in [9.17, 15) is 4.79 Å². The highest BCUT2D eigenvalue weighted by atomic mass is 16.7. The highest BCUT2D eigenvalue weighted by molar-refractivity contribution is 5.57. The molecule has 0 bridgehead atoms. The van der Waals surface area contributed by atoms with E-state index in [1.165, 1.54) is 5.56 Å². The highest BCUT2D eigenvalue weighted by Gasteiger charge is 2.47. The van der Waals surface area contributed by atoms with Gasteiger partial charge in [0.25, 0.3) is 5.56 Å². The van der Waals surface area contributed by atoms with Crippen molar-refractivity contribution in [2.24, 2.45) is 5.92 Å². The zero-order valence-electron chi connectivity index (χ0n) is 15.4. The predicted octanol–water partition coefficient (Wildman–Crippen LogP) is 2.64. The second-order valence-corrected chi connectivity index (χ2v) is 7.41. The van der Waals surface area contributed by atoms with Crippen LogP contribution in [0.4, 0.5) is 5.82 Å². The Morgan fingerprint density at radius 2 is 1.93 bits per heavy atom. The molecule has 6 heteroatoms. The van der Waals surface area contributed by atoms with E-state index in [1.807, 2.05) is 48.5 Å². The Balaban J connectivity index is 1.71. The lowest BCUT2D eigenvalue weighted by Gasteiger charge is -2.37. The molecule has 0 N–H and O–H groups in total. The van der Waals surface area contributed by atoms with E-state index < -0.39 is 0 Å². The first-order valence-electron chi connectivity index (χ1n) is 9.33. The second kappa shape index (κ2) is 6.18. The third kappa shape index (κ3) is 2.56. The summed E-state index contributed by atoms with van der Waals surface area (Å²) in [5.74, 6) is 1.00. The van der Waals surface area contributed by atoms with Crippen LogP contribution >= 0.6 is 0 Å². The van der Waals surface area contributed by atoms with Gasteiger partial charge >= 0.3 is 0 Å². The number of hydrogen-bond donors (Lipinski definition) is 0. The zero-order chi connectivity index (χ0) is 18.5. The first-order chi connectivity index (χ1) is 13.1. The lowest BCUT2D eigenvalue weighted by molar-refractivity contribution is -0.139. The zero-order valence-corrected chi connectivity index (χ0v) is 15.4. The number of pyridine rings is 1. The molecule has 2 aliphatic heterocycles. The van der Waals surface area contributed by atoms with Gasteiger partial charge in [0.2, 0.25) is 0 Å². The number of rotatable bonds is 2. The van der Waals surface area contributed by atoms with Crippen molar-refractivity contribution in [3.63, 3.8) is 0 Å². The fourth-order valence-electron chi connectivity index (χ4n) is 4.45. The Bertz CT molecular complexity index is 1050. The molecule has 0 amide bonds. The van der Waals surface area contributed by atoms with Crippen LogP contribution < -0.4 is 10.5 Å². The highest BCUT2D eigenvalue weighted by Crippen LogP contribution is 2.44. The van der Waals surface area contributed by atoms with Gasteiger partial charge in [0.05, 0.1) is 17.7 Å². The minimum atomic E-state index is -0.0703. The molecule has 4 heterocycles. The van der Waals surface area contributed by atoms with Crippen molar-refractivity contribution in [3.05, 3.63) is 76.2 Å². The van der Waals surface area contributed by atoms with Gasteiger partial charge in [-0.05, 0) is 24.6 Å². The molecule has 1 aromatic carbocycles. The summed E-state index contributed by atoms with van der Waals surface area (Å²) in [7, 11) is 1.91. The Morgan fingerprint density at radius 1 is 1.15 bits per heavy atom. The van der Waals surface area contributed by atoms with Crippen LogP contribution in [0.25, 0.3) is 5.65 Å². The third-order valence-electron chi connectivity index (χ3n) is 5.72. The monoisotopic (exact) mass is 362 g/mol. The summed E-state index contributed by atoms with van der Waals surface area (Å²) in [5.41, 5.74) is 2.61. The molecule has 0 saturated carbocycles. The summed E-state index contributed by atoms with van der Waals surface area (Å²) in [6.45, 7) is 3.62. The standard InChI is InChI=1S/C21H22N4O2/c1-14-16-13-24(12-15-8-4-3-5-9-15)20-18(19(16)23(2)27-14)21(26)25-11-7-6-10-17(25)22-20/h3-11,14,16,19H,12-13H2,1-2H3/t14-,16-,19+/m1/s1. The molecule has 5 rings (SSSR count). The number of hydrogen-bond acceptors (Lipinski definition) is 5. The molecule has 0 aliphatic carbocycles. The topological polar surface area (TPSA) is 50.1 Å². The van der Waals surface area contributed by atoms with Crippen molar-refractivity contribution in [1.29, 1.82) is 0 Å². The minimum Gasteiger partial charge on any atom is -0.351 e. The molecule has 0 spiro atoms. The van der Waals surface area contributed by atoms with E-state index in [2.05, 4.69) is 24.0 Å². The summed E-state index contributed by atoms with van der Waals surface area (Å²) in [6.07, 6.45) is 1.84. The van der Waals surface area contributed by atoms with Gasteiger partial charge in [-0.2, -0.15) is 5.06 Å². The average Bonchev–Trinajstić information content (AvgIpc) is 2.96. The molecule has 0 radical (unpaired) electrons. The maximum Gasteiger partial charge on any atom is 0.264 e. The Kier molecular flexibility index (Phi) is 3.77. The largest absolute Gasteiger partial charge is 0.351 e. The molecule has 27 heavy (non-hydrogen) atoms. The van der Waals surface area contributed by atoms with Crippen molar-refractivity contribution >= 4 is 11.5 Å². The van der Waals surface area contributed by atoms with Gasteiger partial charge in [-0.25, -0.2) is 4.98 Å². The number of benzene rings is 1. The predicted molar refractivity (Wildman–Crippen MR) is 103 cm³/mol. The number of aromatic nitrogens is 2. The summed E-state index contributed by atoms with van der Waals surface area (Å²) in [5, 5.41) is 1.84. The molecule has 1 fully saturated rings. The second-order valence-electron chi connectivity index (χ2n) is 7.41. The maximum atomic E-state index is 13.4. The van der Waals surface area contributed by atoms with E-state index in [-0.39, 0.29) is 23.6 Å². The average molecular weight is 362 g/mol. The van der Waals surface area contributed by atoms with Crippen LogP contribution in [0.2, 0.25) is 0 Å². The molecule has 2 aromatic heterocycles. The fourth-order valence-corrected chi connectivity index (χ4v) is 4.45. The van der Waals surface area contributed by atoms with Gasteiger partial charge < -0.3 is 4.90 Å². The van der Waals surface area contributed by atoms with E-state index in [1.54, 1.807) is 10.6 Å². The van der Waals surface area contributed by atoms with Crippen molar-refractivity contribution in [1.82, 2.24) is 14.4 Å². The van der Waals surface area contributed by atoms with Crippen LogP contribution in [0, 0.1) is 5.92 Å². The normalized spacial score (nSPS) is 24.8. The quantitative estimate of drug-likeness (QED) is 0.701. The van der Waals surface area contributed by atoms with Gasteiger partial charge in [-0.1, -0.05) is 36.4 Å². The van der Waals surface area contributed by atoms with Crippen molar-refractivity contribution < 1.29 is 4.84 Å². The molecule has 3 aromatic rings. The van der Waals surface area contributed by atoms with Crippen LogP contribution in [0.15, 0.2) is 59.5 Å². The first-order valence-corrected chi connectivity index (χ1v) is 9.33. The lowest BCUT2D eigenvalue weighted by atomic mass is 9.86. The summed E-state index contributed by atoms with van der Waals surface area (Å²) in [6, 6.07) is 15.9. The maximum absolute atomic E-state index is 13.4. The number of anilines is 1. The molecular formula is C21H22N4O2. The van der Waals surface area contributed by atoms with Crippen LogP contribution in [0.3, 0.4) is 0 Å². The number of hydroxylamine groups is 2. The summed E-state index contributed by atoms with van der Waals surface area (Å²) in [4.78, 5) is 26.5. The smallest absolute Gasteiger partial charge is 0.264 e. The first kappa shape index (κ1) is 16.5. The fraction of sp³-hybridized carbons (Fsp3) is 0.333. The van der Waals surface area contributed by atoms with E-state index in [0.29, 0.717) is 5.65 Å². The molecule has 138 valence electrons. The van der Waals surface area contributed by atoms with E-state index >= 15 is 0 Å². The van der Waals surface area contributed by atoms with Gasteiger partial charge in [-0.15, -0.1) is 0 Å². The summed E-state index contributed by atoms with van der Waals surface area (Å²) >= 11 is 0. The lowest BCUT2D eigenvalue weighted by Crippen LogP contribution is -2.44. The molecule has 0 unspecified atom stereocenters. The van der Waals surface area contributed by atoms with Crippen LogP contribution in [0.5, 0.6) is 0 Å². The summed E-state index contributed by atoms with van der Waals surface area (Å²) < 4.78 is 1.64. The van der Waals surface area contributed by atoms with Gasteiger partial charge in [-0.3, -0.25) is 14.0 Å². The SMILES string of the molecule is C[C@H]1ON(C)[C@@H]2c3c(nc4ccccn4c3=O)N(Cc3ccccc3)C[C@@H]21. The molecule has 1 saturated heterocycles. The number of fused-ring (bicyclic) bond motifs is 4. The van der Waals surface area contributed by atoms with Crippen molar-refractivity contribution in [2.45, 2.75) is 25.6 Å². The van der Waals surface area contributed by atoms with Gasteiger partial charge in [0.1, 0.15) is 11.5 Å². The van der Waals surface area contributed by atoms with Gasteiger partial charge in [0.15, 0.2) is 0 Å². The minimum absolute atomic E-state index is 0.00656. The molecule has 2 aliphatic rings. The van der Waals surface area contributed by atoms with Gasteiger partial charge in [0, 0.05) is 32.3 Å². The van der Waals surface area contributed by atoms with Crippen molar-refractivity contribution in [2.75, 3.05) is 18.5 Å². The number of nitrogens with zero attached hydrogens (tertiary/aromatic N) is 4. The Morgan fingerprint density at radius 3 is 2.74 bits per heavy atom. The van der Waals surface area contributed by atoms with Crippen LogP contribution in [0.1, 0.15) is 24.1 Å². The third-order valence-corrected chi connectivity index (χ3v) is 5.72. The Labute approximate surface area is 157 Å². The molecule has 6 nitrogen and oxygen atoms in total. The van der Waals surface area contributed by atoms with Crippen molar-refractivity contribution in [3.8, 4) is 0 Å². The molecular weight excluding hydrogens is 340 g/mol. The van der Waals surface area contributed by atoms with Crippen LogP contribution in [-0.2, 0) is 11.4 Å². The van der Waals surface area contributed by atoms with E-state index in [4.69, 9.17) is 9.82 Å². The van der Waals surface area contributed by atoms with Crippen LogP contribution in [-0.4, -0.2) is 34.1 Å². The molecule has 3 atom stereocenters. The Hall–Kier alpha value is -2.70. The van der Waals surface area contributed by atoms with E-state index in [0.717, 1.165) is 24.5 Å².